The molecule has 1 aromatic rings. The molecule has 0 saturated carbocycles. The maximum atomic E-state index is 10.5. The van der Waals surface area contributed by atoms with Crippen LogP contribution in [0.1, 0.15) is 18.9 Å². The molecule has 1 amide bonds. The van der Waals surface area contributed by atoms with Gasteiger partial charge in [0.1, 0.15) is 0 Å². The predicted molar refractivity (Wildman–Crippen MR) is 58.8 cm³/mol. The predicted octanol–water partition coefficient (Wildman–Crippen LogP) is 2.23. The number of carbonyl (C=O) groups is 1. The molecule has 0 saturated heterocycles. The highest BCUT2D eigenvalue weighted by Gasteiger charge is 1.87. The van der Waals surface area contributed by atoms with Crippen LogP contribution in [0.15, 0.2) is 36.4 Å². The third-order valence-electron chi connectivity index (χ3n) is 1.79. The minimum atomic E-state index is 0.0260. The third kappa shape index (κ3) is 4.45. The molecule has 2 nitrogen and oxygen atoms in total. The van der Waals surface area contributed by atoms with Gasteiger partial charge in [0, 0.05) is 13.5 Å². The Balaban J connectivity index is 2.25. The number of carbonyl (C=O) groups excluding carboxylic acids is 1. The zero-order valence-corrected chi connectivity index (χ0v) is 8.36. The molecule has 0 heterocycles. The van der Waals surface area contributed by atoms with Crippen LogP contribution in [0.2, 0.25) is 0 Å². The first-order valence-corrected chi connectivity index (χ1v) is 4.75. The van der Waals surface area contributed by atoms with Crippen molar-refractivity contribution in [1.29, 1.82) is 0 Å². The number of nitrogens with one attached hydrogen (secondary N) is 1. The molecule has 74 valence electrons. The first kappa shape index (κ1) is 10.5. The minimum Gasteiger partial charge on any atom is -0.356 e. The van der Waals surface area contributed by atoms with Crippen LogP contribution < -0.4 is 5.32 Å². The molecule has 1 aromatic carbocycles. The smallest absolute Gasteiger partial charge is 0.216 e. The van der Waals surface area contributed by atoms with Gasteiger partial charge >= 0.3 is 0 Å². The summed E-state index contributed by atoms with van der Waals surface area (Å²) in [6.45, 7) is 2.24. The molecule has 0 radical (unpaired) electrons. The van der Waals surface area contributed by atoms with Gasteiger partial charge in [-0.2, -0.15) is 0 Å². The van der Waals surface area contributed by atoms with E-state index in [0.717, 1.165) is 6.42 Å². The highest BCUT2D eigenvalue weighted by atomic mass is 16.1. The Labute approximate surface area is 84.6 Å². The van der Waals surface area contributed by atoms with Crippen molar-refractivity contribution in [2.45, 2.75) is 13.3 Å². The van der Waals surface area contributed by atoms with Gasteiger partial charge in [-0.25, -0.2) is 0 Å². The molecule has 0 aromatic heterocycles. The first-order chi connectivity index (χ1) is 6.79. The van der Waals surface area contributed by atoms with E-state index in [1.165, 1.54) is 12.5 Å². The Morgan fingerprint density at radius 3 is 2.71 bits per heavy atom. The molecule has 0 aliphatic carbocycles. The lowest BCUT2D eigenvalue weighted by atomic mass is 10.2. The fraction of sp³-hybridized carbons (Fsp3) is 0.250. The highest BCUT2D eigenvalue weighted by Crippen LogP contribution is 2.01. The summed E-state index contributed by atoms with van der Waals surface area (Å²) in [5.41, 5.74) is 1.19. The van der Waals surface area contributed by atoms with E-state index < -0.39 is 0 Å². The molecule has 1 rings (SSSR count). The highest BCUT2D eigenvalue weighted by molar-refractivity contribution is 5.72. The summed E-state index contributed by atoms with van der Waals surface area (Å²) in [7, 11) is 0. The van der Waals surface area contributed by atoms with Gasteiger partial charge in [0.2, 0.25) is 5.91 Å². The number of hydrogen-bond acceptors (Lipinski definition) is 1. The Hall–Kier alpha value is -1.57. The van der Waals surface area contributed by atoms with Crippen molar-refractivity contribution in [2.75, 3.05) is 6.54 Å². The number of benzene rings is 1. The van der Waals surface area contributed by atoms with E-state index in [2.05, 4.69) is 29.6 Å². The fourth-order valence-corrected chi connectivity index (χ4v) is 1.12. The number of hydrogen-bond donors (Lipinski definition) is 1. The van der Waals surface area contributed by atoms with Crippen molar-refractivity contribution in [3.05, 3.63) is 42.0 Å². The largest absolute Gasteiger partial charge is 0.356 e. The number of amides is 1. The fourth-order valence-electron chi connectivity index (χ4n) is 1.12. The van der Waals surface area contributed by atoms with Crippen LogP contribution in [0.4, 0.5) is 0 Å². The molecule has 2 heteroatoms. The molecular formula is C12H15NO. The van der Waals surface area contributed by atoms with E-state index in [4.69, 9.17) is 0 Å². The second kappa shape index (κ2) is 5.97. The molecule has 0 spiro atoms. The SMILES string of the molecule is CC(=O)NCC/C=C/c1ccccc1. The van der Waals surface area contributed by atoms with E-state index in [1.54, 1.807) is 0 Å². The topological polar surface area (TPSA) is 29.1 Å². The van der Waals surface area contributed by atoms with Crippen molar-refractivity contribution in [2.24, 2.45) is 0 Å². The molecule has 0 fully saturated rings. The van der Waals surface area contributed by atoms with Crippen molar-refractivity contribution < 1.29 is 4.79 Å². The second-order valence-electron chi connectivity index (χ2n) is 3.08. The molecule has 0 unspecified atom stereocenters. The summed E-state index contributed by atoms with van der Waals surface area (Å²) in [6.07, 6.45) is 4.99. The van der Waals surface area contributed by atoms with Crippen molar-refractivity contribution >= 4 is 12.0 Å². The molecule has 0 atom stereocenters. The monoisotopic (exact) mass is 189 g/mol. The Kier molecular flexibility index (Phi) is 4.48. The first-order valence-electron chi connectivity index (χ1n) is 4.75. The molecule has 0 bridgehead atoms. The van der Waals surface area contributed by atoms with Gasteiger partial charge in [0.05, 0.1) is 0 Å². The van der Waals surface area contributed by atoms with Crippen LogP contribution in [0.5, 0.6) is 0 Å². The van der Waals surface area contributed by atoms with E-state index in [1.807, 2.05) is 18.2 Å². The third-order valence-corrected chi connectivity index (χ3v) is 1.79. The van der Waals surface area contributed by atoms with Gasteiger partial charge in [-0.05, 0) is 12.0 Å². The van der Waals surface area contributed by atoms with Gasteiger partial charge in [-0.3, -0.25) is 4.79 Å². The maximum absolute atomic E-state index is 10.5. The number of rotatable bonds is 4. The molecule has 0 aliphatic rings. The summed E-state index contributed by atoms with van der Waals surface area (Å²) in [4.78, 5) is 10.5. The molecule has 14 heavy (non-hydrogen) atoms. The van der Waals surface area contributed by atoms with Crippen LogP contribution in [0.25, 0.3) is 6.08 Å². The van der Waals surface area contributed by atoms with Gasteiger partial charge in [0.25, 0.3) is 0 Å². The van der Waals surface area contributed by atoms with E-state index in [0.29, 0.717) is 6.54 Å². The summed E-state index contributed by atoms with van der Waals surface area (Å²) in [5, 5.41) is 2.74. The minimum absolute atomic E-state index is 0.0260. The van der Waals surface area contributed by atoms with Gasteiger partial charge < -0.3 is 5.32 Å². The van der Waals surface area contributed by atoms with Gasteiger partial charge in [-0.1, -0.05) is 42.5 Å². The lowest BCUT2D eigenvalue weighted by Gasteiger charge is -1.96. The average Bonchev–Trinajstić information content (AvgIpc) is 2.18. The van der Waals surface area contributed by atoms with Crippen LogP contribution in [0, 0.1) is 0 Å². The molecule has 0 aliphatic heterocycles. The molecule has 1 N–H and O–H groups in total. The van der Waals surface area contributed by atoms with Gasteiger partial charge in [0.15, 0.2) is 0 Å². The van der Waals surface area contributed by atoms with E-state index in [-0.39, 0.29) is 5.91 Å². The Morgan fingerprint density at radius 2 is 2.07 bits per heavy atom. The zero-order chi connectivity index (χ0) is 10.2. The van der Waals surface area contributed by atoms with Crippen LogP contribution in [-0.4, -0.2) is 12.5 Å². The van der Waals surface area contributed by atoms with Crippen LogP contribution in [-0.2, 0) is 4.79 Å². The Bertz CT molecular complexity index is 303. The second-order valence-corrected chi connectivity index (χ2v) is 3.08. The van der Waals surface area contributed by atoms with Crippen molar-refractivity contribution in [3.63, 3.8) is 0 Å². The lowest BCUT2D eigenvalue weighted by molar-refractivity contribution is -0.118. The Morgan fingerprint density at radius 1 is 1.36 bits per heavy atom. The maximum Gasteiger partial charge on any atom is 0.216 e. The van der Waals surface area contributed by atoms with Crippen molar-refractivity contribution in [1.82, 2.24) is 5.32 Å². The van der Waals surface area contributed by atoms with Gasteiger partial charge in [-0.15, -0.1) is 0 Å². The van der Waals surface area contributed by atoms with E-state index >= 15 is 0 Å². The summed E-state index contributed by atoms with van der Waals surface area (Å²) >= 11 is 0. The summed E-state index contributed by atoms with van der Waals surface area (Å²) in [5.74, 6) is 0.0260. The van der Waals surface area contributed by atoms with Crippen molar-refractivity contribution in [3.8, 4) is 0 Å². The zero-order valence-electron chi connectivity index (χ0n) is 8.36. The average molecular weight is 189 g/mol. The standard InChI is InChI=1S/C12H15NO/c1-11(14)13-10-6-5-9-12-7-3-2-4-8-12/h2-5,7-9H,6,10H2,1H3,(H,13,14)/b9-5+. The summed E-state index contributed by atoms with van der Waals surface area (Å²) < 4.78 is 0. The van der Waals surface area contributed by atoms with Crippen LogP contribution >= 0.6 is 0 Å². The quantitative estimate of drug-likeness (QED) is 0.723. The molecular weight excluding hydrogens is 174 g/mol. The normalized spacial score (nSPS) is 10.4. The lowest BCUT2D eigenvalue weighted by Crippen LogP contribution is -2.20. The van der Waals surface area contributed by atoms with E-state index in [9.17, 15) is 4.79 Å². The van der Waals surface area contributed by atoms with Crippen LogP contribution in [0.3, 0.4) is 0 Å². The summed E-state index contributed by atoms with van der Waals surface area (Å²) in [6, 6.07) is 10.1.